The van der Waals surface area contributed by atoms with Gasteiger partial charge in [0.15, 0.2) is 0 Å². The number of anilines is 1. The summed E-state index contributed by atoms with van der Waals surface area (Å²) < 4.78 is 5.70. The Labute approximate surface area is 156 Å². The SMILES string of the molecule is CN=C1Nc2cc(C#C[C@H](C)N3CC4CC4C3)c(OC)cc2C12CCC2. The van der Waals surface area contributed by atoms with Gasteiger partial charge in [0, 0.05) is 25.8 Å². The Morgan fingerprint density at radius 3 is 2.69 bits per heavy atom. The molecular formula is C22H27N3O. The summed E-state index contributed by atoms with van der Waals surface area (Å²) in [7, 11) is 3.63. The van der Waals surface area contributed by atoms with E-state index in [9.17, 15) is 0 Å². The zero-order valence-corrected chi connectivity index (χ0v) is 15.9. The molecule has 5 rings (SSSR count). The van der Waals surface area contributed by atoms with Crippen molar-refractivity contribution in [1.29, 1.82) is 0 Å². The fourth-order valence-corrected chi connectivity index (χ4v) is 5.05. The number of ether oxygens (including phenoxy) is 1. The molecule has 0 radical (unpaired) electrons. The number of rotatable bonds is 2. The average Bonchev–Trinajstić information content (AvgIpc) is 3.09. The van der Waals surface area contributed by atoms with Gasteiger partial charge in [-0.2, -0.15) is 0 Å². The number of benzene rings is 1. The number of piperidine rings is 1. The molecule has 3 fully saturated rings. The molecule has 2 unspecified atom stereocenters. The van der Waals surface area contributed by atoms with Crippen LogP contribution >= 0.6 is 0 Å². The second kappa shape index (κ2) is 5.76. The van der Waals surface area contributed by atoms with Gasteiger partial charge in [-0.25, -0.2) is 0 Å². The third kappa shape index (κ3) is 2.30. The van der Waals surface area contributed by atoms with E-state index < -0.39 is 0 Å². The van der Waals surface area contributed by atoms with Gasteiger partial charge in [-0.3, -0.25) is 9.89 Å². The van der Waals surface area contributed by atoms with Gasteiger partial charge >= 0.3 is 0 Å². The number of hydrogen-bond donors (Lipinski definition) is 1. The van der Waals surface area contributed by atoms with E-state index in [4.69, 9.17) is 4.74 Å². The van der Waals surface area contributed by atoms with E-state index in [1.807, 2.05) is 7.05 Å². The monoisotopic (exact) mass is 349 g/mol. The third-order valence-electron chi connectivity index (χ3n) is 6.96. The molecule has 1 N–H and O–H groups in total. The lowest BCUT2D eigenvalue weighted by Crippen LogP contribution is -2.41. The van der Waals surface area contributed by atoms with Crippen molar-refractivity contribution in [2.45, 2.75) is 44.1 Å². The molecule has 0 bridgehead atoms. The van der Waals surface area contributed by atoms with Crippen LogP contribution in [0.4, 0.5) is 5.69 Å². The van der Waals surface area contributed by atoms with Crippen LogP contribution in [-0.2, 0) is 5.41 Å². The second-order valence-corrected chi connectivity index (χ2v) is 8.39. The highest BCUT2D eigenvalue weighted by Gasteiger charge is 2.49. The molecule has 1 saturated heterocycles. The molecule has 2 aliphatic heterocycles. The van der Waals surface area contributed by atoms with Crippen LogP contribution in [0.5, 0.6) is 5.75 Å². The third-order valence-corrected chi connectivity index (χ3v) is 6.96. The van der Waals surface area contributed by atoms with Gasteiger partial charge in [0.2, 0.25) is 0 Å². The van der Waals surface area contributed by atoms with Gasteiger partial charge in [0.1, 0.15) is 11.6 Å². The Balaban J connectivity index is 1.45. The van der Waals surface area contributed by atoms with Gasteiger partial charge in [0.25, 0.3) is 0 Å². The van der Waals surface area contributed by atoms with Crippen LogP contribution in [0, 0.1) is 23.7 Å². The van der Waals surface area contributed by atoms with Gasteiger partial charge in [0.05, 0.1) is 24.1 Å². The molecule has 0 aromatic heterocycles. The van der Waals surface area contributed by atoms with Crippen molar-refractivity contribution in [3.8, 4) is 17.6 Å². The Hall–Kier alpha value is -1.99. The Kier molecular flexibility index (Phi) is 3.59. The van der Waals surface area contributed by atoms with Gasteiger partial charge in [-0.15, -0.1) is 0 Å². The largest absolute Gasteiger partial charge is 0.495 e. The lowest BCUT2D eigenvalue weighted by atomic mass is 9.65. The van der Waals surface area contributed by atoms with Gasteiger partial charge < -0.3 is 10.1 Å². The molecule has 3 atom stereocenters. The highest BCUT2D eigenvalue weighted by Crippen LogP contribution is 2.53. The lowest BCUT2D eigenvalue weighted by molar-refractivity contribution is 0.276. The molecule has 1 aromatic rings. The summed E-state index contributed by atoms with van der Waals surface area (Å²) in [5.41, 5.74) is 3.55. The van der Waals surface area contributed by atoms with E-state index in [1.54, 1.807) is 7.11 Å². The first-order chi connectivity index (χ1) is 12.6. The lowest BCUT2D eigenvalue weighted by Gasteiger charge is -2.38. The molecule has 4 nitrogen and oxygen atoms in total. The Morgan fingerprint density at radius 2 is 2.08 bits per heavy atom. The van der Waals surface area contributed by atoms with E-state index in [-0.39, 0.29) is 5.41 Å². The summed E-state index contributed by atoms with van der Waals surface area (Å²) in [6.07, 6.45) is 5.04. The molecular weight excluding hydrogens is 322 g/mol. The standard InChI is InChI=1S/C22H27N3O/c1-14(25-12-16-9-17(16)13-25)5-6-15-10-19-18(11-20(15)26-3)22(7-4-8-22)21(23-2)24-19/h10-11,14,16-17H,4,7-9,12-13H2,1-3H3,(H,23,24)/t14-,16?,17?/m0/s1. The van der Waals surface area contributed by atoms with Crippen molar-refractivity contribution in [3.63, 3.8) is 0 Å². The summed E-state index contributed by atoms with van der Waals surface area (Å²) >= 11 is 0. The maximum atomic E-state index is 5.70. The minimum Gasteiger partial charge on any atom is -0.495 e. The van der Waals surface area contributed by atoms with Crippen molar-refractivity contribution in [2.24, 2.45) is 16.8 Å². The highest BCUT2D eigenvalue weighted by atomic mass is 16.5. The summed E-state index contributed by atoms with van der Waals surface area (Å²) in [4.78, 5) is 7.05. The van der Waals surface area contributed by atoms with Crippen molar-refractivity contribution in [1.82, 2.24) is 4.90 Å². The highest BCUT2D eigenvalue weighted by molar-refractivity contribution is 6.10. The quantitative estimate of drug-likeness (QED) is 0.833. The van der Waals surface area contributed by atoms with Crippen molar-refractivity contribution in [3.05, 3.63) is 23.3 Å². The first-order valence-corrected chi connectivity index (χ1v) is 9.87. The number of nitrogens with zero attached hydrogens (tertiary/aromatic N) is 2. The summed E-state index contributed by atoms with van der Waals surface area (Å²) in [5.74, 6) is 10.7. The van der Waals surface area contributed by atoms with Crippen molar-refractivity contribution in [2.75, 3.05) is 32.6 Å². The summed E-state index contributed by atoms with van der Waals surface area (Å²) in [5, 5.41) is 3.54. The van der Waals surface area contributed by atoms with Crippen LogP contribution in [0.3, 0.4) is 0 Å². The van der Waals surface area contributed by atoms with Crippen LogP contribution in [0.15, 0.2) is 17.1 Å². The van der Waals surface area contributed by atoms with Gasteiger partial charge in [-0.05, 0) is 55.7 Å². The molecule has 2 saturated carbocycles. The molecule has 0 amide bonds. The minimum atomic E-state index is 0.0905. The maximum Gasteiger partial charge on any atom is 0.134 e. The van der Waals surface area contributed by atoms with Gasteiger partial charge in [-0.1, -0.05) is 18.3 Å². The maximum absolute atomic E-state index is 5.70. The molecule has 1 aromatic carbocycles. The number of fused-ring (bicyclic) bond motifs is 3. The zero-order chi connectivity index (χ0) is 17.9. The van der Waals surface area contributed by atoms with Crippen LogP contribution in [0.2, 0.25) is 0 Å². The molecule has 1 spiro atoms. The normalized spacial score (nSPS) is 30.0. The van der Waals surface area contributed by atoms with E-state index in [0.29, 0.717) is 6.04 Å². The van der Waals surface area contributed by atoms with E-state index in [1.165, 1.54) is 44.3 Å². The van der Waals surface area contributed by atoms with E-state index in [0.717, 1.165) is 34.7 Å². The fourth-order valence-electron chi connectivity index (χ4n) is 5.05. The van der Waals surface area contributed by atoms with Crippen LogP contribution in [0.25, 0.3) is 0 Å². The smallest absolute Gasteiger partial charge is 0.134 e. The van der Waals surface area contributed by atoms with Crippen molar-refractivity contribution >= 4 is 11.5 Å². The van der Waals surface area contributed by atoms with Crippen molar-refractivity contribution < 1.29 is 4.74 Å². The molecule has 4 aliphatic rings. The Morgan fingerprint density at radius 1 is 1.31 bits per heavy atom. The predicted octanol–water partition coefficient (Wildman–Crippen LogP) is 3.26. The zero-order valence-electron chi connectivity index (χ0n) is 15.9. The topological polar surface area (TPSA) is 36.9 Å². The number of aliphatic imine (C=N–C) groups is 1. The van der Waals surface area contributed by atoms with E-state index >= 15 is 0 Å². The fraction of sp³-hybridized carbons (Fsp3) is 0.591. The number of methoxy groups -OCH3 is 1. The molecule has 26 heavy (non-hydrogen) atoms. The predicted molar refractivity (Wildman–Crippen MR) is 105 cm³/mol. The second-order valence-electron chi connectivity index (χ2n) is 8.39. The molecule has 4 heteroatoms. The Bertz CT molecular complexity index is 833. The first-order valence-electron chi connectivity index (χ1n) is 9.87. The number of hydrogen-bond acceptors (Lipinski definition) is 3. The summed E-state index contributed by atoms with van der Waals surface area (Å²) in [6, 6.07) is 4.66. The number of nitrogens with one attached hydrogen (secondary N) is 1. The van der Waals surface area contributed by atoms with E-state index in [2.05, 4.69) is 46.1 Å². The molecule has 2 aliphatic carbocycles. The minimum absolute atomic E-state index is 0.0905. The van der Waals surface area contributed by atoms with Crippen LogP contribution in [-0.4, -0.2) is 44.0 Å². The van der Waals surface area contributed by atoms with Crippen LogP contribution < -0.4 is 10.1 Å². The first kappa shape index (κ1) is 16.2. The summed E-state index contributed by atoms with van der Waals surface area (Å²) in [6.45, 7) is 4.67. The average molecular weight is 349 g/mol. The van der Waals surface area contributed by atoms with Crippen LogP contribution in [0.1, 0.15) is 43.7 Å². The molecule has 136 valence electrons. The number of amidine groups is 1. The number of likely N-dealkylation sites (tertiary alicyclic amines) is 1. The molecule has 2 heterocycles.